The smallest absolute Gasteiger partial charge is 0.329 e. The highest BCUT2D eigenvalue weighted by Gasteiger charge is 2.67. The van der Waals surface area contributed by atoms with Crippen LogP contribution < -0.4 is 10.1 Å². The maximum absolute atomic E-state index is 13.0. The van der Waals surface area contributed by atoms with E-state index < -0.39 is 36.4 Å². The summed E-state index contributed by atoms with van der Waals surface area (Å²) < 4.78 is 10.1. The molecule has 2 saturated carbocycles. The molecule has 0 aromatic heterocycles. The van der Waals surface area contributed by atoms with Crippen molar-refractivity contribution in [2.24, 2.45) is 23.7 Å². The predicted molar refractivity (Wildman–Crippen MR) is 118 cm³/mol. The first-order valence-corrected chi connectivity index (χ1v) is 11.8. The molecule has 1 heterocycles. The molecule has 2 bridgehead atoms. The Morgan fingerprint density at radius 2 is 1.65 bits per heavy atom. The van der Waals surface area contributed by atoms with Crippen LogP contribution in [0.4, 0.5) is 5.69 Å². The van der Waals surface area contributed by atoms with E-state index in [4.69, 9.17) is 9.47 Å². The van der Waals surface area contributed by atoms with Gasteiger partial charge in [0.1, 0.15) is 11.8 Å². The van der Waals surface area contributed by atoms with E-state index in [0.29, 0.717) is 11.4 Å². The lowest BCUT2D eigenvalue weighted by Crippen LogP contribution is -2.45. The van der Waals surface area contributed by atoms with Gasteiger partial charge in [0, 0.05) is 15.3 Å². The molecule has 0 radical (unpaired) electrons. The SMILES string of the molecule is COc1ccc(NC(=O)COC(=O)[C@H](C)N2C(=O)[C@@H]3[C@H]4C[C@@H]([C@@H](Br)[C@H]4Br)[C@H]3C2=O)cc1. The molecule has 1 saturated heterocycles. The van der Waals surface area contributed by atoms with Gasteiger partial charge in [-0.1, -0.05) is 31.9 Å². The molecule has 1 N–H and O–H groups in total. The average molecular weight is 558 g/mol. The number of likely N-dealkylation sites (tertiary alicyclic amines) is 1. The summed E-state index contributed by atoms with van der Waals surface area (Å²) in [6, 6.07) is 5.61. The van der Waals surface area contributed by atoms with E-state index in [1.165, 1.54) is 6.92 Å². The van der Waals surface area contributed by atoms with Crippen molar-refractivity contribution >= 4 is 61.2 Å². The van der Waals surface area contributed by atoms with E-state index in [2.05, 4.69) is 37.2 Å². The number of imide groups is 1. The minimum absolute atomic E-state index is 0.0688. The molecule has 1 aliphatic heterocycles. The van der Waals surface area contributed by atoms with Gasteiger partial charge in [0.2, 0.25) is 11.8 Å². The number of hydrogen-bond donors (Lipinski definition) is 1. The van der Waals surface area contributed by atoms with Gasteiger partial charge < -0.3 is 14.8 Å². The normalized spacial score (nSPS) is 32.1. The molecule has 4 rings (SSSR count). The third-order valence-electron chi connectivity index (χ3n) is 6.47. The summed E-state index contributed by atoms with van der Waals surface area (Å²) in [5.41, 5.74) is 0.525. The van der Waals surface area contributed by atoms with Crippen molar-refractivity contribution in [2.75, 3.05) is 19.0 Å². The van der Waals surface area contributed by atoms with Crippen molar-refractivity contribution < 1.29 is 28.7 Å². The Labute approximate surface area is 196 Å². The maximum Gasteiger partial charge on any atom is 0.329 e. The molecule has 0 unspecified atom stereocenters. The van der Waals surface area contributed by atoms with Crippen LogP contribution >= 0.6 is 31.9 Å². The molecule has 0 spiro atoms. The lowest BCUT2D eigenvalue weighted by molar-refractivity contribution is -0.159. The highest BCUT2D eigenvalue weighted by atomic mass is 79.9. The minimum atomic E-state index is -1.08. The van der Waals surface area contributed by atoms with Gasteiger partial charge in [-0.15, -0.1) is 0 Å². The largest absolute Gasteiger partial charge is 0.497 e. The summed E-state index contributed by atoms with van der Waals surface area (Å²) in [5.74, 6) is -1.97. The summed E-state index contributed by atoms with van der Waals surface area (Å²) in [6.45, 7) is 0.941. The Bertz CT molecular complexity index is 891. The van der Waals surface area contributed by atoms with Crippen LogP contribution in [-0.2, 0) is 23.9 Å². The Kier molecular flexibility index (Phi) is 6.13. The van der Waals surface area contributed by atoms with Crippen molar-refractivity contribution in [3.63, 3.8) is 0 Å². The number of ether oxygens (including phenoxy) is 2. The van der Waals surface area contributed by atoms with E-state index >= 15 is 0 Å². The molecule has 3 aliphatic rings. The fourth-order valence-corrected chi connectivity index (χ4v) is 6.86. The van der Waals surface area contributed by atoms with Crippen molar-refractivity contribution in [1.82, 2.24) is 4.90 Å². The molecule has 31 heavy (non-hydrogen) atoms. The number of halogens is 2. The standard InChI is InChI=1S/C21H22Br2N2O6/c1-9(21(29)31-8-14(26)24-10-3-5-11(30-2)6-4-10)25-19(27)15-12-7-13(16(15)20(25)28)18(23)17(12)22/h3-6,9,12-13,15-18H,7-8H2,1-2H3,(H,24,26)/t9-,12+,13+,15+,16+,17-,18+/m0/s1. The molecule has 1 aromatic rings. The van der Waals surface area contributed by atoms with Crippen LogP contribution in [0.15, 0.2) is 24.3 Å². The molecular weight excluding hydrogens is 536 g/mol. The van der Waals surface area contributed by atoms with Crippen LogP contribution in [0.2, 0.25) is 0 Å². The number of alkyl halides is 2. The summed E-state index contributed by atoms with van der Waals surface area (Å²) in [7, 11) is 1.54. The van der Waals surface area contributed by atoms with E-state index in [1.807, 2.05) is 0 Å². The molecular formula is C21H22Br2N2O6. The molecule has 166 valence electrons. The molecule has 3 fully saturated rings. The number of benzene rings is 1. The summed E-state index contributed by atoms with van der Waals surface area (Å²) in [5, 5.41) is 2.61. The number of esters is 1. The number of methoxy groups -OCH3 is 1. The van der Waals surface area contributed by atoms with Crippen LogP contribution in [0.25, 0.3) is 0 Å². The fourth-order valence-electron chi connectivity index (χ4n) is 4.99. The van der Waals surface area contributed by atoms with Crippen LogP contribution in [0.1, 0.15) is 13.3 Å². The number of rotatable bonds is 6. The van der Waals surface area contributed by atoms with Gasteiger partial charge in [-0.25, -0.2) is 4.79 Å². The van der Waals surface area contributed by atoms with E-state index in [0.717, 1.165) is 11.3 Å². The van der Waals surface area contributed by atoms with Gasteiger partial charge in [-0.2, -0.15) is 0 Å². The molecule has 7 atom stereocenters. The Morgan fingerprint density at radius 1 is 1.10 bits per heavy atom. The van der Waals surface area contributed by atoms with Gasteiger partial charge in [0.25, 0.3) is 5.91 Å². The Morgan fingerprint density at radius 3 is 2.16 bits per heavy atom. The highest BCUT2D eigenvalue weighted by Crippen LogP contribution is 2.60. The van der Waals surface area contributed by atoms with E-state index in [9.17, 15) is 19.2 Å². The number of anilines is 1. The van der Waals surface area contributed by atoms with Gasteiger partial charge in [-0.3, -0.25) is 19.3 Å². The van der Waals surface area contributed by atoms with Crippen molar-refractivity contribution in [3.8, 4) is 5.75 Å². The van der Waals surface area contributed by atoms with Gasteiger partial charge in [-0.05, 0) is 49.4 Å². The van der Waals surface area contributed by atoms with Crippen molar-refractivity contribution in [3.05, 3.63) is 24.3 Å². The lowest BCUT2D eigenvalue weighted by Gasteiger charge is -2.28. The third kappa shape index (κ3) is 3.77. The Hall–Kier alpha value is -1.94. The molecule has 10 heteroatoms. The summed E-state index contributed by atoms with van der Waals surface area (Å²) in [6.07, 6.45) is 0.816. The quantitative estimate of drug-likeness (QED) is 0.327. The number of amides is 3. The monoisotopic (exact) mass is 556 g/mol. The summed E-state index contributed by atoms with van der Waals surface area (Å²) >= 11 is 7.27. The second kappa shape index (κ2) is 8.54. The second-order valence-electron chi connectivity index (χ2n) is 8.11. The van der Waals surface area contributed by atoms with E-state index in [-0.39, 0.29) is 33.3 Å². The van der Waals surface area contributed by atoms with Gasteiger partial charge in [0.15, 0.2) is 6.61 Å². The number of carbonyl (C=O) groups is 4. The fraction of sp³-hybridized carbons (Fsp3) is 0.524. The maximum atomic E-state index is 13.0. The van der Waals surface area contributed by atoms with Crippen molar-refractivity contribution in [2.45, 2.75) is 29.0 Å². The average Bonchev–Trinajstić information content (AvgIpc) is 3.37. The molecule has 1 aromatic carbocycles. The first-order valence-electron chi connectivity index (χ1n) is 10.00. The number of carbonyl (C=O) groups excluding carboxylic acids is 4. The molecule has 8 nitrogen and oxygen atoms in total. The summed E-state index contributed by atoms with van der Waals surface area (Å²) in [4.78, 5) is 51.9. The Balaban J connectivity index is 1.34. The first-order chi connectivity index (χ1) is 14.7. The zero-order valence-corrected chi connectivity index (χ0v) is 20.1. The minimum Gasteiger partial charge on any atom is -0.497 e. The molecule has 2 aliphatic carbocycles. The van der Waals surface area contributed by atoms with Gasteiger partial charge >= 0.3 is 5.97 Å². The van der Waals surface area contributed by atoms with E-state index in [1.54, 1.807) is 31.4 Å². The van der Waals surface area contributed by atoms with Crippen LogP contribution in [0.5, 0.6) is 5.75 Å². The number of nitrogens with one attached hydrogen (secondary N) is 1. The zero-order chi connectivity index (χ0) is 22.4. The topological polar surface area (TPSA) is 102 Å². The third-order valence-corrected chi connectivity index (χ3v) is 9.68. The lowest BCUT2D eigenvalue weighted by atomic mass is 9.81. The van der Waals surface area contributed by atoms with Crippen molar-refractivity contribution in [1.29, 1.82) is 0 Å². The number of hydrogen-bond acceptors (Lipinski definition) is 6. The zero-order valence-electron chi connectivity index (χ0n) is 16.9. The second-order valence-corrected chi connectivity index (χ2v) is 10.2. The van der Waals surface area contributed by atoms with Crippen LogP contribution in [-0.4, -0.2) is 58.0 Å². The highest BCUT2D eigenvalue weighted by molar-refractivity contribution is 9.12. The molecule has 3 amide bonds. The number of fused-ring (bicyclic) bond motifs is 5. The van der Waals surface area contributed by atoms with Crippen LogP contribution in [0, 0.1) is 23.7 Å². The number of nitrogens with zero attached hydrogens (tertiary/aromatic N) is 1. The van der Waals surface area contributed by atoms with Crippen LogP contribution in [0.3, 0.4) is 0 Å². The predicted octanol–water partition coefficient (Wildman–Crippen LogP) is 2.34. The first kappa shape index (κ1) is 22.3. The van der Waals surface area contributed by atoms with Gasteiger partial charge in [0.05, 0.1) is 18.9 Å².